The normalized spacial score (nSPS) is 11.5. The lowest BCUT2D eigenvalue weighted by Gasteiger charge is -2.19. The van der Waals surface area contributed by atoms with Gasteiger partial charge in [0.1, 0.15) is 5.75 Å². The number of hydrogen-bond acceptors (Lipinski definition) is 5. The monoisotopic (exact) mass is 353 g/mol. The number of aromatic nitrogens is 3. The lowest BCUT2D eigenvalue weighted by atomic mass is 9.87. The van der Waals surface area contributed by atoms with E-state index in [0.717, 1.165) is 11.3 Å². The van der Waals surface area contributed by atoms with Crippen molar-refractivity contribution in [3.8, 4) is 17.1 Å². The van der Waals surface area contributed by atoms with E-state index >= 15 is 0 Å². The van der Waals surface area contributed by atoms with Crippen LogP contribution in [0.4, 0.5) is 0 Å². The molecule has 2 heterocycles. The minimum Gasteiger partial charge on any atom is -0.494 e. The number of rotatable bonds is 6. The van der Waals surface area contributed by atoms with Crippen molar-refractivity contribution in [2.24, 2.45) is 0 Å². The summed E-state index contributed by atoms with van der Waals surface area (Å²) >= 11 is 0. The molecule has 3 aromatic rings. The van der Waals surface area contributed by atoms with Crippen LogP contribution in [0.15, 0.2) is 58.1 Å². The van der Waals surface area contributed by atoms with Gasteiger partial charge in [0.15, 0.2) is 5.82 Å². The minimum absolute atomic E-state index is 0.122. The summed E-state index contributed by atoms with van der Waals surface area (Å²) in [5, 5.41) is 3.86. The largest absolute Gasteiger partial charge is 0.494 e. The average Bonchev–Trinajstić information content (AvgIpc) is 3.00. The van der Waals surface area contributed by atoms with Crippen LogP contribution in [0.2, 0.25) is 0 Å². The van der Waals surface area contributed by atoms with Crippen LogP contribution in [0, 0.1) is 0 Å². The molecular weight excluding hydrogens is 330 g/mol. The van der Waals surface area contributed by atoms with Gasteiger partial charge in [-0.1, -0.05) is 38.1 Å². The first-order valence-electron chi connectivity index (χ1n) is 8.65. The summed E-state index contributed by atoms with van der Waals surface area (Å²) in [6, 6.07) is 11.7. The first kappa shape index (κ1) is 17.9. The quantitative estimate of drug-likeness (QED) is 0.633. The molecule has 6 heteroatoms. The molecule has 1 aromatic carbocycles. The summed E-state index contributed by atoms with van der Waals surface area (Å²) in [6.07, 6.45) is 3.98. The summed E-state index contributed by atoms with van der Waals surface area (Å²) in [4.78, 5) is 15.9. The number of pyridine rings is 1. The molecule has 0 spiro atoms. The van der Waals surface area contributed by atoms with Gasteiger partial charge in [0.05, 0.1) is 6.61 Å². The second kappa shape index (κ2) is 7.56. The van der Waals surface area contributed by atoms with Gasteiger partial charge in [-0.3, -0.25) is 14.1 Å². The molecule has 3 rings (SSSR count). The third-order valence-electron chi connectivity index (χ3n) is 4.14. The van der Waals surface area contributed by atoms with Gasteiger partial charge in [0.25, 0.3) is 0 Å². The SMILES string of the molecule is CC(C)(C)c1ccc(OCCCn2c(-c3ccncc3)noc2=O)cc1. The molecule has 0 aliphatic carbocycles. The zero-order chi connectivity index (χ0) is 18.6. The number of hydrogen-bond donors (Lipinski definition) is 0. The van der Waals surface area contributed by atoms with Crippen molar-refractivity contribution >= 4 is 0 Å². The molecule has 6 nitrogen and oxygen atoms in total. The van der Waals surface area contributed by atoms with E-state index in [0.29, 0.717) is 25.4 Å². The molecule has 0 bridgehead atoms. The van der Waals surface area contributed by atoms with Crippen LogP contribution in [-0.2, 0) is 12.0 Å². The van der Waals surface area contributed by atoms with Crippen molar-refractivity contribution in [3.63, 3.8) is 0 Å². The molecule has 0 aliphatic rings. The predicted octanol–water partition coefficient (Wildman–Crippen LogP) is 3.66. The Labute approximate surface area is 152 Å². The Bertz CT molecular complexity index is 891. The summed E-state index contributed by atoms with van der Waals surface area (Å²) < 4.78 is 12.1. The summed E-state index contributed by atoms with van der Waals surface area (Å²) in [5.74, 6) is 0.864. The van der Waals surface area contributed by atoms with Crippen molar-refractivity contribution in [2.45, 2.75) is 39.2 Å². The van der Waals surface area contributed by atoms with Gasteiger partial charge in [-0.05, 0) is 41.7 Å². The van der Waals surface area contributed by atoms with Crippen LogP contribution in [0.25, 0.3) is 11.4 Å². The molecule has 0 N–H and O–H groups in total. The zero-order valence-electron chi connectivity index (χ0n) is 15.3. The van der Waals surface area contributed by atoms with Crippen molar-refractivity contribution in [1.29, 1.82) is 0 Å². The molecule has 0 fully saturated rings. The number of nitrogens with zero attached hydrogens (tertiary/aromatic N) is 3. The Morgan fingerprint density at radius 2 is 1.77 bits per heavy atom. The molecule has 0 radical (unpaired) electrons. The topological polar surface area (TPSA) is 70.2 Å². The van der Waals surface area contributed by atoms with E-state index in [9.17, 15) is 4.79 Å². The van der Waals surface area contributed by atoms with E-state index in [1.807, 2.05) is 12.1 Å². The van der Waals surface area contributed by atoms with E-state index in [4.69, 9.17) is 9.26 Å². The Morgan fingerprint density at radius 3 is 2.42 bits per heavy atom. The highest BCUT2D eigenvalue weighted by Crippen LogP contribution is 2.24. The maximum absolute atomic E-state index is 11.9. The lowest BCUT2D eigenvalue weighted by molar-refractivity contribution is 0.298. The Morgan fingerprint density at radius 1 is 1.08 bits per heavy atom. The molecule has 0 unspecified atom stereocenters. The molecule has 0 aliphatic heterocycles. The van der Waals surface area contributed by atoms with Gasteiger partial charge >= 0.3 is 5.76 Å². The van der Waals surface area contributed by atoms with Gasteiger partial charge in [-0.25, -0.2) is 4.79 Å². The fourth-order valence-electron chi connectivity index (χ4n) is 2.64. The smallest absolute Gasteiger partial charge is 0.441 e. The van der Waals surface area contributed by atoms with Crippen LogP contribution >= 0.6 is 0 Å². The minimum atomic E-state index is -0.466. The third-order valence-corrected chi connectivity index (χ3v) is 4.14. The molecule has 136 valence electrons. The molecule has 0 saturated heterocycles. The summed E-state index contributed by atoms with van der Waals surface area (Å²) in [6.45, 7) is 7.52. The van der Waals surface area contributed by atoms with Crippen LogP contribution < -0.4 is 10.5 Å². The van der Waals surface area contributed by atoms with E-state index in [1.54, 1.807) is 24.5 Å². The van der Waals surface area contributed by atoms with Gasteiger partial charge < -0.3 is 4.74 Å². The first-order valence-corrected chi connectivity index (χ1v) is 8.65. The van der Waals surface area contributed by atoms with E-state index in [1.165, 1.54) is 10.1 Å². The van der Waals surface area contributed by atoms with E-state index in [2.05, 4.69) is 43.0 Å². The zero-order valence-corrected chi connectivity index (χ0v) is 15.3. The first-order chi connectivity index (χ1) is 12.4. The number of ether oxygens (including phenoxy) is 1. The van der Waals surface area contributed by atoms with E-state index in [-0.39, 0.29) is 5.41 Å². The highest BCUT2D eigenvalue weighted by molar-refractivity contribution is 5.53. The van der Waals surface area contributed by atoms with Gasteiger partial charge in [0.2, 0.25) is 0 Å². The molecule has 0 atom stereocenters. The highest BCUT2D eigenvalue weighted by Gasteiger charge is 2.14. The standard InChI is InChI=1S/C20H23N3O3/c1-20(2,3)16-5-7-17(8-6-16)25-14-4-13-23-18(22-26-19(23)24)15-9-11-21-12-10-15/h5-12H,4,13-14H2,1-3H3. The van der Waals surface area contributed by atoms with E-state index < -0.39 is 5.76 Å². The molecule has 0 saturated carbocycles. The Hall–Kier alpha value is -2.89. The molecular formula is C20H23N3O3. The van der Waals surface area contributed by atoms with Crippen LogP contribution in [0.1, 0.15) is 32.8 Å². The highest BCUT2D eigenvalue weighted by atomic mass is 16.5. The van der Waals surface area contributed by atoms with Gasteiger partial charge in [0, 0.05) is 24.5 Å². The van der Waals surface area contributed by atoms with Gasteiger partial charge in [-0.2, -0.15) is 0 Å². The summed E-state index contributed by atoms with van der Waals surface area (Å²) in [7, 11) is 0. The van der Waals surface area contributed by atoms with Crippen LogP contribution in [0.5, 0.6) is 5.75 Å². The Kier molecular flexibility index (Phi) is 5.21. The third kappa shape index (κ3) is 4.20. The maximum Gasteiger partial charge on any atom is 0.441 e. The molecule has 26 heavy (non-hydrogen) atoms. The fourth-order valence-corrected chi connectivity index (χ4v) is 2.64. The summed E-state index contributed by atoms with van der Waals surface area (Å²) in [5.41, 5.74) is 2.18. The number of benzene rings is 1. The van der Waals surface area contributed by atoms with Crippen molar-refractivity contribution in [3.05, 3.63) is 64.9 Å². The lowest BCUT2D eigenvalue weighted by Crippen LogP contribution is -2.17. The molecule has 0 amide bonds. The van der Waals surface area contributed by atoms with Crippen molar-refractivity contribution < 1.29 is 9.26 Å². The second-order valence-corrected chi connectivity index (χ2v) is 7.14. The van der Waals surface area contributed by atoms with Crippen molar-refractivity contribution in [1.82, 2.24) is 14.7 Å². The maximum atomic E-state index is 11.9. The van der Waals surface area contributed by atoms with Gasteiger partial charge in [-0.15, -0.1) is 0 Å². The fraction of sp³-hybridized carbons (Fsp3) is 0.350. The average molecular weight is 353 g/mol. The van der Waals surface area contributed by atoms with Crippen molar-refractivity contribution in [2.75, 3.05) is 6.61 Å². The van der Waals surface area contributed by atoms with Crippen LogP contribution in [-0.4, -0.2) is 21.3 Å². The predicted molar refractivity (Wildman–Crippen MR) is 99.2 cm³/mol. The second-order valence-electron chi connectivity index (χ2n) is 7.14. The van der Waals surface area contributed by atoms with Crippen LogP contribution in [0.3, 0.4) is 0 Å². The molecule has 2 aromatic heterocycles. The Balaban J connectivity index is 1.58.